The van der Waals surface area contributed by atoms with Crippen molar-refractivity contribution in [2.24, 2.45) is 16.0 Å². The molecule has 2 heterocycles. The van der Waals surface area contributed by atoms with E-state index in [1.54, 1.807) is 12.5 Å². The molecule has 0 aromatic rings. The van der Waals surface area contributed by atoms with Gasteiger partial charge in [0.05, 0.1) is 24.2 Å². The lowest BCUT2D eigenvalue weighted by Gasteiger charge is -2.22. The third kappa shape index (κ3) is 1.34. The second kappa shape index (κ2) is 3.31. The number of hydrazone groups is 1. The number of likely N-dealkylation sites (N-methyl/N-ethyl adjacent to an activating group) is 1. The van der Waals surface area contributed by atoms with Gasteiger partial charge in [0.1, 0.15) is 0 Å². The minimum absolute atomic E-state index is 0.301. The molecule has 0 aromatic carbocycles. The predicted molar refractivity (Wildman–Crippen MR) is 57.0 cm³/mol. The first kappa shape index (κ1) is 9.03. The monoisotopic (exact) mass is 190 g/mol. The van der Waals surface area contributed by atoms with Crippen molar-refractivity contribution in [1.82, 2.24) is 10.3 Å². The molecule has 1 atom stereocenters. The zero-order valence-electron chi connectivity index (χ0n) is 8.65. The van der Waals surface area contributed by atoms with Gasteiger partial charge in [-0.15, -0.1) is 0 Å². The van der Waals surface area contributed by atoms with E-state index < -0.39 is 0 Å². The third-order valence-electron chi connectivity index (χ3n) is 2.41. The molecule has 0 radical (unpaired) electrons. The van der Waals surface area contributed by atoms with E-state index >= 15 is 0 Å². The number of fused-ring (bicyclic) bond motifs is 1. The molecule has 0 saturated heterocycles. The van der Waals surface area contributed by atoms with Crippen molar-refractivity contribution in [2.75, 3.05) is 7.05 Å². The summed E-state index contributed by atoms with van der Waals surface area (Å²) >= 11 is 0. The van der Waals surface area contributed by atoms with Crippen molar-refractivity contribution in [3.8, 4) is 0 Å². The lowest BCUT2D eigenvalue weighted by molar-refractivity contribution is 0.254. The Morgan fingerprint density at radius 3 is 3.07 bits per heavy atom. The number of hydrogen-bond acceptors (Lipinski definition) is 4. The highest BCUT2D eigenvalue weighted by Crippen LogP contribution is 2.24. The van der Waals surface area contributed by atoms with Gasteiger partial charge >= 0.3 is 0 Å². The van der Waals surface area contributed by atoms with Gasteiger partial charge in [-0.1, -0.05) is 19.6 Å². The van der Waals surface area contributed by atoms with E-state index in [0.717, 1.165) is 11.4 Å². The minimum atomic E-state index is 0.301. The summed E-state index contributed by atoms with van der Waals surface area (Å²) in [5.74, 6) is 1.38. The van der Waals surface area contributed by atoms with Crippen LogP contribution in [0.5, 0.6) is 0 Å². The van der Waals surface area contributed by atoms with Crippen LogP contribution in [0.2, 0.25) is 0 Å². The molecule has 2 rings (SSSR count). The molecule has 74 valence electrons. The zero-order chi connectivity index (χ0) is 10.1. The van der Waals surface area contributed by atoms with Crippen LogP contribution in [0, 0.1) is 5.92 Å². The molecule has 1 N–H and O–H groups in total. The Labute approximate surface area is 83.7 Å². The summed E-state index contributed by atoms with van der Waals surface area (Å²) in [7, 11) is 1.99. The molecular formula is C10H14N4. The first-order chi connectivity index (χ1) is 6.70. The van der Waals surface area contributed by atoms with Gasteiger partial charge in [-0.3, -0.25) is 5.01 Å². The Morgan fingerprint density at radius 2 is 2.36 bits per heavy atom. The number of rotatable bonds is 1. The largest absolute Gasteiger partial charge is 0.329 e. The molecule has 0 fully saturated rings. The summed E-state index contributed by atoms with van der Waals surface area (Å²) in [6.07, 6.45) is 3.31. The van der Waals surface area contributed by atoms with Crippen molar-refractivity contribution >= 4 is 12.2 Å². The zero-order valence-corrected chi connectivity index (χ0v) is 8.65. The highest BCUT2D eigenvalue weighted by atomic mass is 15.5. The first-order valence-electron chi connectivity index (χ1n) is 4.75. The molecule has 0 spiro atoms. The Morgan fingerprint density at radius 1 is 1.57 bits per heavy atom. The summed E-state index contributed by atoms with van der Waals surface area (Å²) in [4.78, 5) is 3.98. The van der Waals surface area contributed by atoms with Crippen molar-refractivity contribution in [1.29, 1.82) is 0 Å². The summed E-state index contributed by atoms with van der Waals surface area (Å²) < 4.78 is 0. The van der Waals surface area contributed by atoms with Crippen LogP contribution in [0.4, 0.5) is 0 Å². The maximum Gasteiger partial charge on any atom is 0.164 e. The fraction of sp³-hybridized carbons (Fsp3) is 0.500. The number of nitrogens with one attached hydrogen (secondary N) is 1. The maximum atomic E-state index is 4.40. The second-order valence-corrected chi connectivity index (χ2v) is 3.82. The summed E-state index contributed by atoms with van der Waals surface area (Å²) in [6, 6.07) is 0.301. The first-order valence-corrected chi connectivity index (χ1v) is 4.75. The average molecular weight is 190 g/mol. The number of aliphatic imine (C=N–C) groups is 1. The second-order valence-electron chi connectivity index (χ2n) is 3.82. The summed E-state index contributed by atoms with van der Waals surface area (Å²) in [6.45, 7) is 4.36. The van der Waals surface area contributed by atoms with Gasteiger partial charge in [0.25, 0.3) is 0 Å². The van der Waals surface area contributed by atoms with Crippen LogP contribution >= 0.6 is 0 Å². The van der Waals surface area contributed by atoms with Gasteiger partial charge in [-0.25, -0.2) is 4.99 Å². The van der Waals surface area contributed by atoms with Crippen molar-refractivity contribution in [2.45, 2.75) is 19.9 Å². The van der Waals surface area contributed by atoms with Gasteiger partial charge < -0.3 is 5.32 Å². The average Bonchev–Trinajstić information content (AvgIpc) is 2.31. The molecule has 0 aromatic heterocycles. The molecule has 14 heavy (non-hydrogen) atoms. The maximum absolute atomic E-state index is 4.40. The van der Waals surface area contributed by atoms with Gasteiger partial charge in [0.15, 0.2) is 5.84 Å². The minimum Gasteiger partial charge on any atom is -0.329 e. The molecule has 4 nitrogen and oxygen atoms in total. The fourth-order valence-corrected chi connectivity index (χ4v) is 1.87. The quantitative estimate of drug-likeness (QED) is 0.625. The van der Waals surface area contributed by atoms with E-state index in [2.05, 4.69) is 35.0 Å². The third-order valence-corrected chi connectivity index (χ3v) is 2.41. The van der Waals surface area contributed by atoms with Crippen molar-refractivity contribution in [3.05, 3.63) is 17.5 Å². The van der Waals surface area contributed by atoms with E-state index in [0.29, 0.717) is 12.0 Å². The molecule has 0 aliphatic carbocycles. The topological polar surface area (TPSA) is 40.0 Å². The van der Waals surface area contributed by atoms with Crippen LogP contribution < -0.4 is 5.32 Å². The molecule has 4 heteroatoms. The van der Waals surface area contributed by atoms with Crippen LogP contribution in [-0.4, -0.2) is 30.3 Å². The van der Waals surface area contributed by atoms with Gasteiger partial charge in [-0.2, -0.15) is 5.10 Å². The van der Waals surface area contributed by atoms with Crippen LogP contribution in [0.25, 0.3) is 0 Å². The highest BCUT2D eigenvalue weighted by molar-refractivity contribution is 6.06. The normalized spacial score (nSPS) is 24.3. The smallest absolute Gasteiger partial charge is 0.164 e. The molecule has 0 saturated carbocycles. The number of amidine groups is 1. The Hall–Kier alpha value is -1.54. The molecule has 0 amide bonds. The van der Waals surface area contributed by atoms with Gasteiger partial charge in [-0.05, 0) is 5.92 Å². The van der Waals surface area contributed by atoms with Crippen LogP contribution in [0.1, 0.15) is 13.8 Å². The lowest BCUT2D eigenvalue weighted by Crippen LogP contribution is -2.31. The summed E-state index contributed by atoms with van der Waals surface area (Å²) in [5.41, 5.74) is 4.26. The SMILES string of the molecule is CC(C)C1C2=C=CN=CNC2=NN1C. The molecule has 1 unspecified atom stereocenters. The number of hydrogen-bond donors (Lipinski definition) is 1. The Bertz CT molecular complexity index is 358. The Balaban J connectivity index is 2.41. The van der Waals surface area contributed by atoms with Crippen molar-refractivity contribution < 1.29 is 0 Å². The molecule has 0 bridgehead atoms. The van der Waals surface area contributed by atoms with Crippen LogP contribution in [0.15, 0.2) is 27.6 Å². The van der Waals surface area contributed by atoms with Crippen LogP contribution in [-0.2, 0) is 0 Å². The predicted octanol–water partition coefficient (Wildman–Crippen LogP) is 0.940. The highest BCUT2D eigenvalue weighted by Gasteiger charge is 2.32. The van der Waals surface area contributed by atoms with Crippen LogP contribution in [0.3, 0.4) is 0 Å². The summed E-state index contributed by atoms with van der Waals surface area (Å²) in [5, 5.41) is 9.42. The molecule has 2 aliphatic heterocycles. The number of nitrogens with zero attached hydrogens (tertiary/aromatic N) is 3. The van der Waals surface area contributed by atoms with E-state index in [9.17, 15) is 0 Å². The van der Waals surface area contributed by atoms with E-state index in [1.165, 1.54) is 0 Å². The Kier molecular flexibility index (Phi) is 2.14. The van der Waals surface area contributed by atoms with E-state index in [4.69, 9.17) is 0 Å². The molecule has 2 aliphatic rings. The molecular weight excluding hydrogens is 176 g/mol. The van der Waals surface area contributed by atoms with Gasteiger partial charge in [0.2, 0.25) is 0 Å². The standard InChI is InChI=1S/C10H14N4/c1-7(2)9-8-4-5-11-6-12-10(8)13-14(9)3/h5-7,9H,1-3H3,(H,11,12,13). The van der Waals surface area contributed by atoms with E-state index in [-0.39, 0.29) is 0 Å². The van der Waals surface area contributed by atoms with Crippen molar-refractivity contribution in [3.63, 3.8) is 0 Å². The van der Waals surface area contributed by atoms with Gasteiger partial charge in [0, 0.05) is 7.05 Å². The fourth-order valence-electron chi connectivity index (χ4n) is 1.87. The van der Waals surface area contributed by atoms with E-state index in [1.807, 2.05) is 12.1 Å². The lowest BCUT2D eigenvalue weighted by atomic mass is 9.96.